The first-order valence-corrected chi connectivity index (χ1v) is 6.46. The van der Waals surface area contributed by atoms with Gasteiger partial charge in [0.05, 0.1) is 6.04 Å². The molecule has 0 aromatic heterocycles. The minimum Gasteiger partial charge on any atom is -0.481 e. The molecule has 0 saturated carbocycles. The van der Waals surface area contributed by atoms with Crippen molar-refractivity contribution in [1.82, 2.24) is 5.32 Å². The average molecular weight is 263 g/mol. The van der Waals surface area contributed by atoms with Gasteiger partial charge in [-0.05, 0) is 30.9 Å². The standard InChI is InChI=1S/C15H21NO3/c1-10(9-15(18)19)8-14(17)16-12(3)13-7-5-4-6-11(13)2/h4-7,10,12H,8-9H2,1-3H3,(H,16,17)(H,18,19)/t10?,12-/m0/s1. The zero-order chi connectivity index (χ0) is 14.4. The van der Waals surface area contributed by atoms with E-state index in [2.05, 4.69) is 5.32 Å². The summed E-state index contributed by atoms with van der Waals surface area (Å²) in [5.74, 6) is -1.13. The van der Waals surface area contributed by atoms with Gasteiger partial charge >= 0.3 is 5.97 Å². The monoisotopic (exact) mass is 263 g/mol. The summed E-state index contributed by atoms with van der Waals surface area (Å²) in [6.45, 7) is 5.71. The third kappa shape index (κ3) is 5.12. The minimum absolute atomic E-state index is 0.0200. The van der Waals surface area contributed by atoms with E-state index >= 15 is 0 Å². The first kappa shape index (κ1) is 15.2. The van der Waals surface area contributed by atoms with Gasteiger partial charge in [-0.1, -0.05) is 31.2 Å². The zero-order valence-electron chi connectivity index (χ0n) is 11.6. The van der Waals surface area contributed by atoms with Crippen LogP contribution in [0.15, 0.2) is 24.3 Å². The molecule has 0 aliphatic heterocycles. The molecule has 104 valence electrons. The van der Waals surface area contributed by atoms with Crippen molar-refractivity contribution in [3.8, 4) is 0 Å². The molecular formula is C15H21NO3. The van der Waals surface area contributed by atoms with Crippen LogP contribution in [0.2, 0.25) is 0 Å². The Bertz CT molecular complexity index is 456. The Labute approximate surface area is 113 Å². The van der Waals surface area contributed by atoms with Gasteiger partial charge in [0.2, 0.25) is 5.91 Å². The van der Waals surface area contributed by atoms with Crippen molar-refractivity contribution in [3.63, 3.8) is 0 Å². The molecule has 19 heavy (non-hydrogen) atoms. The van der Waals surface area contributed by atoms with Crippen molar-refractivity contribution in [1.29, 1.82) is 0 Å². The van der Waals surface area contributed by atoms with E-state index in [1.165, 1.54) is 0 Å². The zero-order valence-corrected chi connectivity index (χ0v) is 11.6. The summed E-state index contributed by atoms with van der Waals surface area (Å²) in [5.41, 5.74) is 2.22. The van der Waals surface area contributed by atoms with Crippen LogP contribution < -0.4 is 5.32 Å². The summed E-state index contributed by atoms with van der Waals surface area (Å²) in [6.07, 6.45) is 0.259. The molecule has 1 rings (SSSR count). The fourth-order valence-electron chi connectivity index (χ4n) is 2.14. The summed E-state index contributed by atoms with van der Waals surface area (Å²) in [4.78, 5) is 22.4. The first-order valence-electron chi connectivity index (χ1n) is 6.46. The number of amides is 1. The van der Waals surface area contributed by atoms with Crippen LogP contribution in [0.25, 0.3) is 0 Å². The van der Waals surface area contributed by atoms with Crippen molar-refractivity contribution in [2.24, 2.45) is 5.92 Å². The fourth-order valence-corrected chi connectivity index (χ4v) is 2.14. The van der Waals surface area contributed by atoms with E-state index in [-0.39, 0.29) is 30.7 Å². The molecule has 0 aliphatic carbocycles. The number of carboxylic acid groups (broad SMARTS) is 1. The number of hydrogen-bond acceptors (Lipinski definition) is 2. The molecule has 0 bridgehead atoms. The van der Waals surface area contributed by atoms with Crippen molar-refractivity contribution >= 4 is 11.9 Å². The Morgan fingerprint density at radius 1 is 1.21 bits per heavy atom. The molecule has 0 radical (unpaired) electrons. The lowest BCUT2D eigenvalue weighted by atomic mass is 10.0. The Kier molecular flexibility index (Phi) is 5.55. The molecule has 4 nitrogen and oxygen atoms in total. The Morgan fingerprint density at radius 2 is 1.84 bits per heavy atom. The number of rotatable bonds is 6. The van der Waals surface area contributed by atoms with Crippen LogP contribution in [0, 0.1) is 12.8 Å². The quantitative estimate of drug-likeness (QED) is 0.829. The predicted octanol–water partition coefficient (Wildman–Crippen LogP) is 2.67. The van der Waals surface area contributed by atoms with Gasteiger partial charge < -0.3 is 10.4 Å². The molecule has 0 saturated heterocycles. The van der Waals surface area contributed by atoms with Crippen LogP contribution in [0.3, 0.4) is 0 Å². The van der Waals surface area contributed by atoms with Crippen molar-refractivity contribution in [2.45, 2.75) is 39.7 Å². The van der Waals surface area contributed by atoms with Crippen LogP contribution in [0.1, 0.15) is 43.9 Å². The van der Waals surface area contributed by atoms with E-state index in [9.17, 15) is 9.59 Å². The number of carbonyl (C=O) groups is 2. The molecule has 1 aromatic carbocycles. The number of nitrogens with one attached hydrogen (secondary N) is 1. The molecule has 0 spiro atoms. The van der Waals surface area contributed by atoms with E-state index in [1.807, 2.05) is 38.1 Å². The summed E-state index contributed by atoms with van der Waals surface area (Å²) < 4.78 is 0. The minimum atomic E-state index is -0.868. The number of carbonyl (C=O) groups excluding carboxylic acids is 1. The van der Waals surface area contributed by atoms with Gasteiger partial charge in [0.15, 0.2) is 0 Å². The van der Waals surface area contributed by atoms with Gasteiger partial charge in [0.1, 0.15) is 0 Å². The van der Waals surface area contributed by atoms with Crippen molar-refractivity contribution in [2.75, 3.05) is 0 Å². The van der Waals surface area contributed by atoms with Crippen LogP contribution in [0.4, 0.5) is 0 Å². The lowest BCUT2D eigenvalue weighted by Crippen LogP contribution is -2.28. The highest BCUT2D eigenvalue weighted by molar-refractivity contribution is 5.77. The van der Waals surface area contributed by atoms with E-state index in [0.717, 1.165) is 11.1 Å². The van der Waals surface area contributed by atoms with Gasteiger partial charge in [-0.2, -0.15) is 0 Å². The van der Waals surface area contributed by atoms with Crippen LogP contribution >= 0.6 is 0 Å². The SMILES string of the molecule is Cc1ccccc1[C@H](C)NC(=O)CC(C)CC(=O)O. The maximum Gasteiger partial charge on any atom is 0.303 e. The molecule has 0 fully saturated rings. The molecule has 0 heterocycles. The molecule has 1 unspecified atom stereocenters. The number of benzene rings is 1. The van der Waals surface area contributed by atoms with E-state index in [1.54, 1.807) is 6.92 Å². The van der Waals surface area contributed by atoms with Crippen LogP contribution in [0.5, 0.6) is 0 Å². The fraction of sp³-hybridized carbons (Fsp3) is 0.467. The lowest BCUT2D eigenvalue weighted by molar-refractivity contribution is -0.138. The van der Waals surface area contributed by atoms with E-state index < -0.39 is 5.97 Å². The molecule has 1 amide bonds. The molecular weight excluding hydrogens is 242 g/mol. The summed E-state index contributed by atoms with van der Waals surface area (Å²) in [6, 6.07) is 7.83. The molecule has 0 aliphatic rings. The highest BCUT2D eigenvalue weighted by Crippen LogP contribution is 2.17. The second-order valence-corrected chi connectivity index (χ2v) is 5.05. The largest absolute Gasteiger partial charge is 0.481 e. The third-order valence-electron chi connectivity index (χ3n) is 3.09. The van der Waals surface area contributed by atoms with E-state index in [0.29, 0.717) is 0 Å². The van der Waals surface area contributed by atoms with Gasteiger partial charge in [-0.3, -0.25) is 9.59 Å². The molecule has 2 atom stereocenters. The highest BCUT2D eigenvalue weighted by atomic mass is 16.4. The second-order valence-electron chi connectivity index (χ2n) is 5.05. The Hall–Kier alpha value is -1.84. The van der Waals surface area contributed by atoms with Gasteiger partial charge in [-0.15, -0.1) is 0 Å². The smallest absolute Gasteiger partial charge is 0.303 e. The van der Waals surface area contributed by atoms with Crippen molar-refractivity contribution in [3.05, 3.63) is 35.4 Å². The molecule has 1 aromatic rings. The Morgan fingerprint density at radius 3 is 2.42 bits per heavy atom. The topological polar surface area (TPSA) is 66.4 Å². The second kappa shape index (κ2) is 6.92. The van der Waals surface area contributed by atoms with Crippen LogP contribution in [-0.4, -0.2) is 17.0 Å². The maximum atomic E-state index is 11.8. The number of aliphatic carboxylic acids is 1. The maximum absolute atomic E-state index is 11.8. The van der Waals surface area contributed by atoms with Gasteiger partial charge in [0.25, 0.3) is 0 Å². The van der Waals surface area contributed by atoms with Crippen LogP contribution in [-0.2, 0) is 9.59 Å². The highest BCUT2D eigenvalue weighted by Gasteiger charge is 2.15. The summed E-state index contributed by atoms with van der Waals surface area (Å²) >= 11 is 0. The van der Waals surface area contributed by atoms with Crippen molar-refractivity contribution < 1.29 is 14.7 Å². The predicted molar refractivity (Wildman–Crippen MR) is 73.8 cm³/mol. The van der Waals surface area contributed by atoms with E-state index in [4.69, 9.17) is 5.11 Å². The van der Waals surface area contributed by atoms with Gasteiger partial charge in [0, 0.05) is 12.8 Å². The lowest BCUT2D eigenvalue weighted by Gasteiger charge is -2.17. The molecule has 4 heteroatoms. The number of aryl methyl sites for hydroxylation is 1. The normalized spacial score (nSPS) is 13.6. The number of hydrogen-bond donors (Lipinski definition) is 2. The summed E-state index contributed by atoms with van der Waals surface area (Å²) in [5, 5.41) is 11.6. The third-order valence-corrected chi connectivity index (χ3v) is 3.09. The Balaban J connectivity index is 2.53. The molecule has 2 N–H and O–H groups in total. The first-order chi connectivity index (χ1) is 8.90. The number of carboxylic acids is 1. The average Bonchev–Trinajstić information content (AvgIpc) is 2.27. The van der Waals surface area contributed by atoms with Gasteiger partial charge in [-0.25, -0.2) is 0 Å². The summed E-state index contributed by atoms with van der Waals surface area (Å²) in [7, 11) is 0.